The third-order valence-electron chi connectivity index (χ3n) is 6.04. The number of halogens is 2. The van der Waals surface area contributed by atoms with Crippen LogP contribution in [0.25, 0.3) is 11.1 Å². The number of carboxylic acids is 1. The Morgan fingerprint density at radius 1 is 1.09 bits per heavy atom. The summed E-state index contributed by atoms with van der Waals surface area (Å²) in [5.74, 6) is -7.49. The predicted molar refractivity (Wildman–Crippen MR) is 112 cm³/mol. The van der Waals surface area contributed by atoms with Crippen LogP contribution in [0.2, 0.25) is 0 Å². The van der Waals surface area contributed by atoms with E-state index < -0.39 is 42.6 Å². The molecule has 0 aromatic heterocycles. The Bertz CT molecular complexity index is 1060. The molecule has 2 aromatic rings. The highest BCUT2D eigenvalue weighted by molar-refractivity contribution is 5.87. The first-order chi connectivity index (χ1) is 15.6. The van der Waals surface area contributed by atoms with Gasteiger partial charge in [-0.1, -0.05) is 48.5 Å². The second-order valence-corrected chi connectivity index (χ2v) is 8.20. The lowest BCUT2D eigenvalue weighted by atomic mass is 9.98. The van der Waals surface area contributed by atoms with E-state index in [0.29, 0.717) is 4.90 Å². The van der Waals surface area contributed by atoms with Crippen molar-refractivity contribution in [3.8, 4) is 11.1 Å². The van der Waals surface area contributed by atoms with E-state index >= 15 is 0 Å². The Balaban J connectivity index is 1.34. The number of rotatable bonds is 6. The van der Waals surface area contributed by atoms with E-state index in [1.807, 2.05) is 53.8 Å². The van der Waals surface area contributed by atoms with Crippen molar-refractivity contribution < 1.29 is 38.1 Å². The van der Waals surface area contributed by atoms with Gasteiger partial charge in [-0.05, 0) is 22.3 Å². The SMILES string of the molecule is O=C(NCC(F)(F)C(=O)N1CCC(O)(C(=O)O)C1)OCC1c2ccccc2-c2ccccc21. The number of benzene rings is 2. The van der Waals surface area contributed by atoms with E-state index in [9.17, 15) is 28.3 Å². The Hall–Kier alpha value is -3.53. The van der Waals surface area contributed by atoms with Crippen molar-refractivity contribution in [3.05, 3.63) is 59.7 Å². The highest BCUT2D eigenvalue weighted by Crippen LogP contribution is 2.44. The van der Waals surface area contributed by atoms with Gasteiger partial charge in [-0.25, -0.2) is 9.59 Å². The molecule has 3 N–H and O–H groups in total. The zero-order valence-electron chi connectivity index (χ0n) is 17.5. The molecule has 1 heterocycles. The maximum atomic E-state index is 14.3. The average molecular weight is 460 g/mol. The molecule has 10 heteroatoms. The van der Waals surface area contributed by atoms with Crippen LogP contribution in [0.3, 0.4) is 0 Å². The van der Waals surface area contributed by atoms with Gasteiger partial charge >= 0.3 is 18.0 Å². The summed E-state index contributed by atoms with van der Waals surface area (Å²) in [5.41, 5.74) is 1.71. The number of aliphatic carboxylic acids is 1. The van der Waals surface area contributed by atoms with E-state index in [0.717, 1.165) is 22.3 Å². The fourth-order valence-corrected chi connectivity index (χ4v) is 4.28. The summed E-state index contributed by atoms with van der Waals surface area (Å²) >= 11 is 0. The maximum absolute atomic E-state index is 14.3. The molecule has 1 atom stereocenters. The number of alkyl carbamates (subject to hydrolysis) is 1. The van der Waals surface area contributed by atoms with Crippen molar-refractivity contribution >= 4 is 18.0 Å². The number of nitrogens with zero attached hydrogens (tertiary/aromatic N) is 1. The second-order valence-electron chi connectivity index (χ2n) is 8.20. The lowest BCUT2D eigenvalue weighted by Gasteiger charge is -2.24. The topological polar surface area (TPSA) is 116 Å². The molecule has 2 aromatic carbocycles. The van der Waals surface area contributed by atoms with E-state index in [-0.39, 0.29) is 25.5 Å². The number of aliphatic hydroxyl groups is 1. The molecule has 174 valence electrons. The predicted octanol–water partition coefficient (Wildman–Crippen LogP) is 2.21. The number of ether oxygens (including phenoxy) is 1. The molecule has 1 aliphatic carbocycles. The number of hydrogen-bond donors (Lipinski definition) is 3. The van der Waals surface area contributed by atoms with Crippen molar-refractivity contribution in [1.82, 2.24) is 10.2 Å². The first kappa shape index (κ1) is 22.7. The quantitative estimate of drug-likeness (QED) is 0.609. The molecule has 0 saturated carbocycles. The number of likely N-dealkylation sites (tertiary alicyclic amines) is 1. The summed E-state index contributed by atoms with van der Waals surface area (Å²) in [6.45, 7) is -2.47. The molecule has 8 nitrogen and oxygen atoms in total. The van der Waals surface area contributed by atoms with Crippen molar-refractivity contribution in [1.29, 1.82) is 0 Å². The number of amides is 2. The largest absolute Gasteiger partial charge is 0.479 e. The normalized spacial score (nSPS) is 19.7. The van der Waals surface area contributed by atoms with Gasteiger partial charge in [0.15, 0.2) is 5.60 Å². The molecule has 1 fully saturated rings. The van der Waals surface area contributed by atoms with Crippen LogP contribution in [-0.2, 0) is 14.3 Å². The maximum Gasteiger partial charge on any atom is 0.407 e. The van der Waals surface area contributed by atoms with Crippen LogP contribution in [-0.4, -0.2) is 70.8 Å². The fourth-order valence-electron chi connectivity index (χ4n) is 4.28. The molecule has 1 unspecified atom stereocenters. The molecule has 0 radical (unpaired) electrons. The summed E-state index contributed by atoms with van der Waals surface area (Å²) in [4.78, 5) is 35.8. The summed E-state index contributed by atoms with van der Waals surface area (Å²) in [5, 5.41) is 20.7. The van der Waals surface area contributed by atoms with Crippen LogP contribution in [0, 0.1) is 0 Å². The summed E-state index contributed by atoms with van der Waals surface area (Å²) in [7, 11) is 0. The van der Waals surface area contributed by atoms with E-state index in [1.54, 1.807) is 0 Å². The van der Waals surface area contributed by atoms with Gasteiger partial charge in [0.05, 0.1) is 13.1 Å². The van der Waals surface area contributed by atoms with E-state index in [1.165, 1.54) is 0 Å². The van der Waals surface area contributed by atoms with Crippen molar-refractivity contribution in [2.45, 2.75) is 23.9 Å². The first-order valence-corrected chi connectivity index (χ1v) is 10.3. The zero-order chi connectivity index (χ0) is 23.8. The molecule has 2 amide bonds. The number of fused-ring (bicyclic) bond motifs is 3. The van der Waals surface area contributed by atoms with Gasteiger partial charge in [0.25, 0.3) is 5.91 Å². The van der Waals surface area contributed by atoms with Gasteiger partial charge in [0, 0.05) is 18.9 Å². The summed E-state index contributed by atoms with van der Waals surface area (Å²) in [6.07, 6.45) is -1.46. The van der Waals surface area contributed by atoms with Gasteiger partial charge in [-0.2, -0.15) is 8.78 Å². The number of nitrogens with one attached hydrogen (secondary N) is 1. The van der Waals surface area contributed by atoms with Crippen LogP contribution < -0.4 is 5.32 Å². The minimum atomic E-state index is -3.99. The zero-order valence-corrected chi connectivity index (χ0v) is 17.5. The lowest BCUT2D eigenvalue weighted by Crippen LogP contribution is -2.51. The summed E-state index contributed by atoms with van der Waals surface area (Å²) < 4.78 is 33.8. The average Bonchev–Trinajstić information content (AvgIpc) is 3.35. The molecule has 4 rings (SSSR count). The van der Waals surface area contributed by atoms with Gasteiger partial charge in [-0.3, -0.25) is 4.79 Å². The summed E-state index contributed by atoms with van der Waals surface area (Å²) in [6, 6.07) is 15.3. The van der Waals surface area contributed by atoms with Gasteiger partial charge in [-0.15, -0.1) is 0 Å². The molecule has 0 spiro atoms. The standard InChI is InChI=1S/C23H22F2N2O6/c24-23(25,19(28)27-10-9-22(32,13-27)20(29)30)12-26-21(31)33-11-18-16-7-3-1-5-14(16)15-6-2-4-8-17(15)18/h1-8,18,32H,9-13H2,(H,26,31)(H,29,30). The number of carbonyl (C=O) groups is 3. The van der Waals surface area contributed by atoms with Crippen LogP contribution >= 0.6 is 0 Å². The minimum Gasteiger partial charge on any atom is -0.479 e. The van der Waals surface area contributed by atoms with Crippen LogP contribution in [0.5, 0.6) is 0 Å². The Labute approximate surface area is 187 Å². The van der Waals surface area contributed by atoms with Crippen molar-refractivity contribution in [2.75, 3.05) is 26.2 Å². The molecular formula is C23H22F2N2O6. The molecule has 33 heavy (non-hydrogen) atoms. The smallest absolute Gasteiger partial charge is 0.407 e. The first-order valence-electron chi connectivity index (χ1n) is 10.3. The number of β-amino-alcohol motifs (C(OH)–C–C–N with tert-alkyl or cyclic N) is 1. The third kappa shape index (κ3) is 4.25. The van der Waals surface area contributed by atoms with Crippen molar-refractivity contribution in [2.24, 2.45) is 0 Å². The number of carboxylic acid groups (broad SMARTS) is 1. The third-order valence-corrected chi connectivity index (χ3v) is 6.04. The Morgan fingerprint density at radius 2 is 1.67 bits per heavy atom. The molecule has 0 bridgehead atoms. The highest BCUT2D eigenvalue weighted by Gasteiger charge is 2.50. The van der Waals surface area contributed by atoms with E-state index in [2.05, 4.69) is 0 Å². The van der Waals surface area contributed by atoms with Gasteiger partial charge in [0.2, 0.25) is 0 Å². The number of carbonyl (C=O) groups excluding carboxylic acids is 2. The number of hydrogen-bond acceptors (Lipinski definition) is 5. The Morgan fingerprint density at radius 3 is 2.21 bits per heavy atom. The molecular weight excluding hydrogens is 438 g/mol. The monoisotopic (exact) mass is 460 g/mol. The second kappa shape index (κ2) is 8.43. The molecule has 2 aliphatic rings. The van der Waals surface area contributed by atoms with E-state index in [4.69, 9.17) is 9.84 Å². The van der Waals surface area contributed by atoms with Crippen LogP contribution in [0.4, 0.5) is 13.6 Å². The highest BCUT2D eigenvalue weighted by atomic mass is 19.3. The van der Waals surface area contributed by atoms with Crippen LogP contribution in [0.1, 0.15) is 23.5 Å². The van der Waals surface area contributed by atoms with Crippen molar-refractivity contribution in [3.63, 3.8) is 0 Å². The fraction of sp³-hybridized carbons (Fsp3) is 0.348. The van der Waals surface area contributed by atoms with Gasteiger partial charge in [0.1, 0.15) is 6.61 Å². The molecule has 1 aliphatic heterocycles. The molecule has 1 saturated heterocycles. The lowest BCUT2D eigenvalue weighted by molar-refractivity contribution is -0.161. The minimum absolute atomic E-state index is 0.0723. The Kier molecular flexibility index (Phi) is 5.79. The van der Waals surface area contributed by atoms with Crippen LogP contribution in [0.15, 0.2) is 48.5 Å². The van der Waals surface area contributed by atoms with Gasteiger partial charge < -0.3 is 25.2 Å². The number of alkyl halides is 2.